The summed E-state index contributed by atoms with van der Waals surface area (Å²) in [5, 5.41) is 19.9. The molecule has 7 atom stereocenters. The normalized spacial score (nSPS) is 30.9. The summed E-state index contributed by atoms with van der Waals surface area (Å²) in [5.41, 5.74) is -0.523. The third-order valence-corrected chi connectivity index (χ3v) is 15.5. The molecule has 8 rings (SSSR count). The first-order valence-electron chi connectivity index (χ1n) is 21.5. The van der Waals surface area contributed by atoms with Gasteiger partial charge in [0.2, 0.25) is 33.0 Å². The van der Waals surface area contributed by atoms with Gasteiger partial charge in [0.05, 0.1) is 24.3 Å². The highest BCUT2D eigenvalue weighted by Gasteiger charge is 2.62. The predicted octanol–water partition coefficient (Wildman–Crippen LogP) is 4.29. The van der Waals surface area contributed by atoms with Gasteiger partial charge in [0, 0.05) is 25.0 Å². The zero-order valence-electron chi connectivity index (χ0n) is 33.5. The van der Waals surface area contributed by atoms with Gasteiger partial charge in [-0.05, 0) is 94.1 Å². The van der Waals surface area contributed by atoms with Crippen LogP contribution in [0.2, 0.25) is 0 Å². The van der Waals surface area contributed by atoms with Crippen LogP contribution in [0, 0.1) is 23.0 Å². The topological polar surface area (TPSA) is 196 Å². The van der Waals surface area contributed by atoms with Crippen molar-refractivity contribution >= 4 is 44.7 Å². The van der Waals surface area contributed by atoms with Crippen molar-refractivity contribution in [2.24, 2.45) is 17.8 Å². The average Bonchev–Trinajstić information content (AvgIpc) is 3.99. The Hall–Kier alpha value is -4.34. The molecule has 3 N–H and O–H groups in total. The molecule has 1 aromatic carbocycles. The summed E-state index contributed by atoms with van der Waals surface area (Å²) in [6.07, 6.45) is 9.86. The molecule has 4 saturated carbocycles. The number of hydrogen-bond donors (Lipinski definition) is 3. The number of amides is 4. The summed E-state index contributed by atoms with van der Waals surface area (Å²) < 4.78 is 47.0. The summed E-state index contributed by atoms with van der Waals surface area (Å²) >= 11 is 0. The highest BCUT2D eigenvalue weighted by molar-refractivity contribution is 7.91. The lowest BCUT2D eigenvalue weighted by Gasteiger charge is -2.32. The largest absolute Gasteiger partial charge is 0.618 e. The van der Waals surface area contributed by atoms with Gasteiger partial charge in [0.15, 0.2) is 5.75 Å². The number of carbonyl (C=O) groups is 4. The summed E-state index contributed by atoms with van der Waals surface area (Å²) in [7, 11) is -2.33. The molecule has 1 aromatic heterocycles. The Labute approximate surface area is 339 Å². The molecule has 58 heavy (non-hydrogen) atoms. The minimum Gasteiger partial charge on any atom is -0.618 e. The SMILES string of the molecule is CC[C@@H]1C[C@]1(NC(=O)[C@@H]1C[C@@H]2CN1C(=O)[C@H](C1CCCC1)NC(=O)O[C@H]1CCC[C@@H]1CCCCCc1c(cc3cc(OC)ccc3[n+]1[O-])O2)C(=O)NS(=O)(=O)C1CC1. The van der Waals surface area contributed by atoms with E-state index in [4.69, 9.17) is 14.2 Å². The van der Waals surface area contributed by atoms with Crippen LogP contribution in [0.3, 0.4) is 0 Å². The number of aromatic nitrogens is 1. The van der Waals surface area contributed by atoms with Crippen molar-refractivity contribution in [1.82, 2.24) is 20.3 Å². The van der Waals surface area contributed by atoms with E-state index >= 15 is 0 Å². The number of benzene rings is 1. The van der Waals surface area contributed by atoms with E-state index in [2.05, 4.69) is 15.4 Å². The van der Waals surface area contributed by atoms with Crippen molar-refractivity contribution in [2.75, 3.05) is 13.7 Å². The van der Waals surface area contributed by atoms with Crippen LogP contribution in [-0.2, 0) is 35.6 Å². The molecule has 6 aliphatic rings. The van der Waals surface area contributed by atoms with Crippen LogP contribution in [0.15, 0.2) is 24.3 Å². The fourth-order valence-corrected chi connectivity index (χ4v) is 11.5. The van der Waals surface area contributed by atoms with Crippen molar-refractivity contribution < 1.29 is 46.5 Å². The van der Waals surface area contributed by atoms with E-state index in [0.717, 1.165) is 75.4 Å². The van der Waals surface area contributed by atoms with Gasteiger partial charge in [-0.25, -0.2) is 13.2 Å². The maximum Gasteiger partial charge on any atom is 0.408 e. The Morgan fingerprint density at radius 1 is 0.983 bits per heavy atom. The quantitative estimate of drug-likeness (QED) is 0.255. The average molecular weight is 824 g/mol. The van der Waals surface area contributed by atoms with E-state index in [1.54, 1.807) is 25.3 Å². The number of nitrogens with one attached hydrogen (secondary N) is 3. The van der Waals surface area contributed by atoms with E-state index in [1.807, 2.05) is 13.0 Å². The molecule has 0 spiro atoms. The predicted molar refractivity (Wildman–Crippen MR) is 212 cm³/mol. The molecular formula is C42H57N5O10S. The number of hydrogen-bond acceptors (Lipinski definition) is 10. The Bertz CT molecular complexity index is 2040. The number of fused-ring (bicyclic) bond motifs is 5. The number of nitrogens with zero attached hydrogens (tertiary/aromatic N) is 2. The lowest BCUT2D eigenvalue weighted by Crippen LogP contribution is -2.59. The Balaban J connectivity index is 1.14. The Kier molecular flexibility index (Phi) is 11.4. The summed E-state index contributed by atoms with van der Waals surface area (Å²) in [4.78, 5) is 58.2. The lowest BCUT2D eigenvalue weighted by atomic mass is 9.96. The smallest absolute Gasteiger partial charge is 0.408 e. The van der Waals surface area contributed by atoms with E-state index in [-0.39, 0.29) is 43.2 Å². The van der Waals surface area contributed by atoms with Gasteiger partial charge >= 0.3 is 6.09 Å². The van der Waals surface area contributed by atoms with E-state index < -0.39 is 62.8 Å². The van der Waals surface area contributed by atoms with Crippen LogP contribution >= 0.6 is 0 Å². The number of alkyl carbamates (subject to hydrolysis) is 1. The van der Waals surface area contributed by atoms with Gasteiger partial charge in [-0.1, -0.05) is 39.0 Å². The second-order valence-corrected chi connectivity index (χ2v) is 19.5. The van der Waals surface area contributed by atoms with Gasteiger partial charge in [-0.15, -0.1) is 0 Å². The second kappa shape index (κ2) is 16.4. The van der Waals surface area contributed by atoms with Crippen LogP contribution in [0.5, 0.6) is 11.5 Å². The zero-order chi connectivity index (χ0) is 40.8. The van der Waals surface area contributed by atoms with Crippen molar-refractivity contribution in [3.8, 4) is 11.5 Å². The van der Waals surface area contributed by atoms with Gasteiger partial charge < -0.3 is 35.0 Å². The van der Waals surface area contributed by atoms with Gasteiger partial charge in [-0.3, -0.25) is 19.1 Å². The number of methoxy groups -OCH3 is 1. The first-order valence-corrected chi connectivity index (χ1v) is 23.0. The van der Waals surface area contributed by atoms with Crippen molar-refractivity contribution in [2.45, 2.75) is 151 Å². The third kappa shape index (κ3) is 8.14. The van der Waals surface area contributed by atoms with Crippen LogP contribution in [-0.4, -0.2) is 85.9 Å². The zero-order valence-corrected chi connectivity index (χ0v) is 34.4. The van der Waals surface area contributed by atoms with Crippen LogP contribution in [0.25, 0.3) is 10.9 Å². The van der Waals surface area contributed by atoms with Crippen LogP contribution in [0.4, 0.5) is 4.79 Å². The molecule has 3 heterocycles. The van der Waals surface area contributed by atoms with Crippen LogP contribution in [0.1, 0.15) is 115 Å². The van der Waals surface area contributed by atoms with E-state index in [9.17, 15) is 32.8 Å². The molecule has 2 bridgehead atoms. The molecule has 0 radical (unpaired) electrons. The lowest BCUT2D eigenvalue weighted by molar-refractivity contribution is -0.586. The van der Waals surface area contributed by atoms with Crippen molar-refractivity contribution in [3.05, 3.63) is 35.2 Å². The first kappa shape index (κ1) is 40.4. The molecule has 4 amide bonds. The number of ether oxygens (including phenoxy) is 3. The molecule has 316 valence electrons. The Morgan fingerprint density at radius 3 is 2.45 bits per heavy atom. The number of carbonyl (C=O) groups excluding carboxylic acids is 4. The molecule has 1 saturated heterocycles. The third-order valence-electron chi connectivity index (χ3n) is 13.7. The maximum absolute atomic E-state index is 14.9. The standard InChI is InChI=1S/C42H57N5O10S/c1-3-28-23-42(28,40(50)45-58(53,54)31-17-18-31)44-38(48)34-22-30-24-46(34)39(49)37(26-11-7-8-12-26)43-41(51)57-35-15-9-13-25(35)10-5-4-6-14-33-36(56-30)21-27-20-29(55-2)16-19-32(27)47(33)52/h16,19-21,25-26,28,30-31,34-35,37H,3-15,17-18,22-24H2,1-2H3,(H,43,51)(H,44,48)(H,45,50)/t25-,28+,30+,34-,35-,37-,42+/m0/s1. The molecule has 5 fully saturated rings. The monoisotopic (exact) mass is 823 g/mol. The van der Waals surface area contributed by atoms with Gasteiger partial charge in [0.25, 0.3) is 5.91 Å². The highest BCUT2D eigenvalue weighted by Crippen LogP contribution is 2.47. The molecule has 2 aliphatic heterocycles. The van der Waals surface area contributed by atoms with Gasteiger partial charge in [0.1, 0.15) is 35.6 Å². The van der Waals surface area contributed by atoms with Crippen LogP contribution < -0.4 is 29.6 Å². The maximum atomic E-state index is 14.9. The highest BCUT2D eigenvalue weighted by atomic mass is 32.2. The number of pyridine rings is 1. The fourth-order valence-electron chi connectivity index (χ4n) is 10.1. The molecule has 0 unspecified atom stereocenters. The molecular weight excluding hydrogens is 767 g/mol. The summed E-state index contributed by atoms with van der Waals surface area (Å²) in [5.74, 6) is -1.15. The molecule has 2 aromatic rings. The van der Waals surface area contributed by atoms with E-state index in [0.29, 0.717) is 53.8 Å². The fraction of sp³-hybridized carbons (Fsp3) is 0.690. The molecule has 16 heteroatoms. The summed E-state index contributed by atoms with van der Waals surface area (Å²) in [6, 6.07) is 4.97. The van der Waals surface area contributed by atoms with Crippen molar-refractivity contribution in [1.29, 1.82) is 0 Å². The summed E-state index contributed by atoms with van der Waals surface area (Å²) in [6.45, 7) is 1.85. The minimum absolute atomic E-state index is 0.0253. The minimum atomic E-state index is -3.88. The first-order chi connectivity index (χ1) is 27.9. The molecule has 15 nitrogen and oxygen atoms in total. The second-order valence-electron chi connectivity index (χ2n) is 17.5. The Morgan fingerprint density at radius 2 is 1.72 bits per heavy atom. The molecule has 4 aliphatic carbocycles. The van der Waals surface area contributed by atoms with E-state index in [1.165, 1.54) is 4.90 Å². The van der Waals surface area contributed by atoms with Gasteiger partial charge in [-0.2, -0.15) is 4.73 Å². The number of rotatable bonds is 8. The number of sulfonamides is 1. The van der Waals surface area contributed by atoms with Crippen molar-refractivity contribution in [3.63, 3.8) is 0 Å².